The number of hydrogen-bond donors (Lipinski definition) is 2. The van der Waals surface area contributed by atoms with Gasteiger partial charge in [0.25, 0.3) is 5.91 Å². The molecule has 0 spiro atoms. The number of ether oxygens (including phenoxy) is 1. The van der Waals surface area contributed by atoms with E-state index < -0.39 is 11.0 Å². The second kappa shape index (κ2) is 5.42. The number of aromatic nitrogens is 1. The molecule has 6 heteroatoms. The lowest BCUT2D eigenvalue weighted by molar-refractivity contribution is -0.237. The number of rotatable bonds is 5. The number of hydrogen-bond acceptors (Lipinski definition) is 5. The van der Waals surface area contributed by atoms with E-state index in [9.17, 15) is 9.90 Å². The fraction of sp³-hybridized carbons (Fsp3) is 0.733. The molecular weight excluding hydrogens is 272 g/mol. The molecule has 0 bridgehead atoms. The van der Waals surface area contributed by atoms with Crippen molar-refractivity contribution in [3.05, 3.63) is 17.0 Å². The summed E-state index contributed by atoms with van der Waals surface area (Å²) in [7, 11) is 0. The van der Waals surface area contributed by atoms with E-state index in [-0.39, 0.29) is 18.6 Å². The molecule has 21 heavy (non-hydrogen) atoms. The van der Waals surface area contributed by atoms with Crippen molar-refractivity contribution < 1.29 is 19.2 Å². The first kappa shape index (κ1) is 16.0. The van der Waals surface area contributed by atoms with E-state index in [0.29, 0.717) is 30.0 Å². The molecule has 1 fully saturated rings. The number of nitrogens with zero attached hydrogens (tertiary/aromatic N) is 1. The van der Waals surface area contributed by atoms with Gasteiger partial charge in [0.1, 0.15) is 11.3 Å². The molecule has 2 N–H and O–H groups in total. The van der Waals surface area contributed by atoms with E-state index in [1.165, 1.54) is 0 Å². The summed E-state index contributed by atoms with van der Waals surface area (Å²) in [5.74, 6) is 0.215. The minimum absolute atomic E-state index is 0.0171. The van der Waals surface area contributed by atoms with E-state index in [4.69, 9.17) is 9.26 Å². The predicted molar refractivity (Wildman–Crippen MR) is 77.1 cm³/mol. The van der Waals surface area contributed by atoms with E-state index in [2.05, 4.69) is 10.5 Å². The van der Waals surface area contributed by atoms with Gasteiger partial charge in [-0.1, -0.05) is 19.0 Å². The van der Waals surface area contributed by atoms with Crippen molar-refractivity contribution in [2.45, 2.75) is 52.7 Å². The molecule has 1 aliphatic rings. The van der Waals surface area contributed by atoms with Crippen molar-refractivity contribution in [3.63, 3.8) is 0 Å². The van der Waals surface area contributed by atoms with Gasteiger partial charge in [0.05, 0.1) is 17.4 Å². The molecule has 0 radical (unpaired) electrons. The number of aliphatic hydroxyl groups is 1. The van der Waals surface area contributed by atoms with Gasteiger partial charge in [0.2, 0.25) is 0 Å². The number of carbonyl (C=O) groups excluding carboxylic acids is 1. The lowest BCUT2D eigenvalue weighted by Gasteiger charge is -2.57. The van der Waals surface area contributed by atoms with Crippen molar-refractivity contribution in [2.24, 2.45) is 5.41 Å². The first-order valence-electron chi connectivity index (χ1n) is 7.28. The Labute approximate surface area is 124 Å². The molecule has 0 saturated heterocycles. The van der Waals surface area contributed by atoms with Crippen molar-refractivity contribution in [1.29, 1.82) is 0 Å². The fourth-order valence-electron chi connectivity index (χ4n) is 2.88. The van der Waals surface area contributed by atoms with Crippen molar-refractivity contribution in [1.82, 2.24) is 10.5 Å². The normalized spacial score (nSPS) is 27.2. The van der Waals surface area contributed by atoms with Crippen molar-refractivity contribution in [2.75, 3.05) is 13.2 Å². The summed E-state index contributed by atoms with van der Waals surface area (Å²) in [5, 5.41) is 17.2. The van der Waals surface area contributed by atoms with Crippen LogP contribution in [0, 0.1) is 19.3 Å². The number of aryl methyl sites for hydroxylation is 2. The van der Waals surface area contributed by atoms with Crippen LogP contribution in [-0.4, -0.2) is 41.0 Å². The second-order valence-electron chi connectivity index (χ2n) is 6.28. The Morgan fingerprint density at radius 2 is 2.19 bits per heavy atom. The van der Waals surface area contributed by atoms with Crippen LogP contribution in [0.15, 0.2) is 4.52 Å². The highest BCUT2D eigenvalue weighted by Crippen LogP contribution is 2.50. The van der Waals surface area contributed by atoms with E-state index in [1.54, 1.807) is 13.8 Å². The number of amides is 1. The van der Waals surface area contributed by atoms with Crippen LogP contribution in [0.2, 0.25) is 0 Å². The Balaban J connectivity index is 1.99. The Morgan fingerprint density at radius 1 is 1.52 bits per heavy atom. The average molecular weight is 296 g/mol. The van der Waals surface area contributed by atoms with Crippen molar-refractivity contribution >= 4 is 5.91 Å². The maximum absolute atomic E-state index is 12.2. The van der Waals surface area contributed by atoms with Gasteiger partial charge in [-0.3, -0.25) is 4.79 Å². The van der Waals surface area contributed by atoms with Gasteiger partial charge in [0.15, 0.2) is 0 Å². The zero-order valence-corrected chi connectivity index (χ0v) is 13.3. The second-order valence-corrected chi connectivity index (χ2v) is 6.28. The van der Waals surface area contributed by atoms with Crippen LogP contribution in [0.25, 0.3) is 0 Å². The lowest BCUT2D eigenvalue weighted by Crippen LogP contribution is -2.68. The molecule has 0 aromatic carbocycles. The zero-order chi connectivity index (χ0) is 15.8. The summed E-state index contributed by atoms with van der Waals surface area (Å²) >= 11 is 0. The molecule has 1 aromatic rings. The lowest BCUT2D eigenvalue weighted by atomic mass is 9.56. The molecule has 1 aliphatic carbocycles. The Kier molecular flexibility index (Phi) is 4.13. The average Bonchev–Trinajstić information content (AvgIpc) is 2.75. The maximum atomic E-state index is 12.2. The summed E-state index contributed by atoms with van der Waals surface area (Å²) < 4.78 is 10.6. The molecule has 0 aliphatic heterocycles. The van der Waals surface area contributed by atoms with Crippen LogP contribution in [-0.2, 0) is 4.74 Å². The third-order valence-electron chi connectivity index (χ3n) is 4.70. The zero-order valence-electron chi connectivity index (χ0n) is 13.3. The highest BCUT2D eigenvalue weighted by molar-refractivity contribution is 5.96. The van der Waals surface area contributed by atoms with Gasteiger partial charge in [-0.15, -0.1) is 0 Å². The summed E-state index contributed by atoms with van der Waals surface area (Å²) in [6.07, 6.45) is 0.541. The molecule has 2 unspecified atom stereocenters. The highest BCUT2D eigenvalue weighted by atomic mass is 16.5. The van der Waals surface area contributed by atoms with E-state index >= 15 is 0 Å². The van der Waals surface area contributed by atoms with Gasteiger partial charge >= 0.3 is 0 Å². The minimum atomic E-state index is -0.957. The number of carbonyl (C=O) groups is 1. The van der Waals surface area contributed by atoms with Gasteiger partial charge < -0.3 is 19.7 Å². The first-order chi connectivity index (χ1) is 9.73. The molecule has 118 valence electrons. The van der Waals surface area contributed by atoms with Crippen LogP contribution in [0.3, 0.4) is 0 Å². The Morgan fingerprint density at radius 3 is 2.67 bits per heavy atom. The smallest absolute Gasteiger partial charge is 0.256 e. The molecule has 1 amide bonds. The van der Waals surface area contributed by atoms with Gasteiger partial charge in [-0.05, 0) is 20.8 Å². The van der Waals surface area contributed by atoms with Gasteiger partial charge in [-0.25, -0.2) is 0 Å². The van der Waals surface area contributed by atoms with E-state index in [1.807, 2.05) is 20.8 Å². The summed E-state index contributed by atoms with van der Waals surface area (Å²) in [6, 6.07) is 0. The van der Waals surface area contributed by atoms with Gasteiger partial charge in [0, 0.05) is 25.0 Å². The summed E-state index contributed by atoms with van der Waals surface area (Å²) in [4.78, 5) is 12.2. The summed E-state index contributed by atoms with van der Waals surface area (Å²) in [5.41, 5.74) is -0.356. The fourth-order valence-corrected chi connectivity index (χ4v) is 2.88. The minimum Gasteiger partial charge on any atom is -0.387 e. The molecule has 1 saturated carbocycles. The van der Waals surface area contributed by atoms with Crippen LogP contribution < -0.4 is 5.32 Å². The van der Waals surface area contributed by atoms with Gasteiger partial charge in [-0.2, -0.15) is 0 Å². The standard InChI is InChI=1S/C15H24N2O4/c1-6-20-11-7-15(19,14(11,4)5)8-16-13(18)12-9(2)17-21-10(12)3/h11,19H,6-8H2,1-5H3,(H,16,18). The Hall–Kier alpha value is -1.40. The monoisotopic (exact) mass is 296 g/mol. The largest absolute Gasteiger partial charge is 0.387 e. The predicted octanol–water partition coefficient (Wildman–Crippen LogP) is 1.59. The quantitative estimate of drug-likeness (QED) is 0.862. The summed E-state index contributed by atoms with van der Waals surface area (Å²) in [6.45, 7) is 10.1. The highest BCUT2D eigenvalue weighted by Gasteiger charge is 2.59. The third kappa shape index (κ3) is 2.58. The van der Waals surface area contributed by atoms with Crippen LogP contribution in [0.5, 0.6) is 0 Å². The molecule has 1 aromatic heterocycles. The van der Waals surface area contributed by atoms with Crippen LogP contribution in [0.4, 0.5) is 0 Å². The Bertz CT molecular complexity index is 518. The molecule has 2 atom stereocenters. The number of nitrogens with one attached hydrogen (secondary N) is 1. The molecule has 1 heterocycles. The molecular formula is C15H24N2O4. The third-order valence-corrected chi connectivity index (χ3v) is 4.70. The van der Waals surface area contributed by atoms with Crippen molar-refractivity contribution in [3.8, 4) is 0 Å². The topological polar surface area (TPSA) is 84.6 Å². The molecule has 2 rings (SSSR count). The van der Waals surface area contributed by atoms with E-state index in [0.717, 1.165) is 0 Å². The maximum Gasteiger partial charge on any atom is 0.256 e. The first-order valence-corrected chi connectivity index (χ1v) is 7.28. The van der Waals surface area contributed by atoms with Crippen LogP contribution in [0.1, 0.15) is 49.0 Å². The molecule has 6 nitrogen and oxygen atoms in total. The SMILES string of the molecule is CCOC1CC(O)(CNC(=O)c2c(C)noc2C)C1(C)C. The van der Waals surface area contributed by atoms with Crippen LogP contribution >= 0.6 is 0 Å².